The normalized spacial score (nSPS) is 22.5. The molecule has 1 atom stereocenters. The third kappa shape index (κ3) is 4.07. The number of rotatable bonds is 1. The topological polar surface area (TPSA) is 34.1 Å². The zero-order chi connectivity index (χ0) is 23.7. The Morgan fingerprint density at radius 2 is 1.52 bits per heavy atom. The third-order valence-corrected chi connectivity index (χ3v) is 11.3. The van der Waals surface area contributed by atoms with E-state index in [0.717, 1.165) is 27.2 Å². The number of allylic oxidation sites excluding steroid dienone is 4. The molecule has 5 rings (SSSR count). The van der Waals surface area contributed by atoms with Gasteiger partial charge in [0.05, 0.1) is 8.47 Å². The fourth-order valence-corrected chi connectivity index (χ4v) is 8.90. The minimum Gasteiger partial charge on any atom is -0.293 e. The van der Waals surface area contributed by atoms with Gasteiger partial charge in [0, 0.05) is 33.1 Å². The first kappa shape index (κ1) is 23.4. The van der Waals surface area contributed by atoms with Gasteiger partial charge in [-0.15, -0.1) is 0 Å². The first-order valence-electron chi connectivity index (χ1n) is 10.9. The van der Waals surface area contributed by atoms with E-state index in [0.29, 0.717) is 11.1 Å². The quantitative estimate of drug-likeness (QED) is 0.375. The molecule has 1 aromatic carbocycles. The minimum atomic E-state index is -0.275. The average molecular weight is 511 g/mol. The lowest BCUT2D eigenvalue weighted by molar-refractivity contribution is 0.0867. The van der Waals surface area contributed by atoms with E-state index in [1.807, 2.05) is 18.2 Å². The van der Waals surface area contributed by atoms with Crippen molar-refractivity contribution in [2.45, 2.75) is 41.5 Å². The van der Waals surface area contributed by atoms with Crippen molar-refractivity contribution < 1.29 is 9.59 Å². The molecule has 0 saturated heterocycles. The predicted octanol–water partition coefficient (Wildman–Crippen LogP) is 8.95. The van der Waals surface area contributed by atoms with Crippen LogP contribution in [0.15, 0.2) is 54.6 Å². The van der Waals surface area contributed by atoms with Gasteiger partial charge in [-0.25, -0.2) is 0 Å². The highest BCUT2D eigenvalue weighted by Crippen LogP contribution is 2.56. The molecular formula is C27H26O2S4. The van der Waals surface area contributed by atoms with E-state index in [2.05, 4.69) is 63.8 Å². The van der Waals surface area contributed by atoms with Crippen LogP contribution in [0.25, 0.3) is 10.5 Å². The molecule has 2 aliphatic carbocycles. The van der Waals surface area contributed by atoms with Crippen LogP contribution < -0.4 is 0 Å². The summed E-state index contributed by atoms with van der Waals surface area (Å²) in [5.74, 6) is -0.0604. The summed E-state index contributed by atoms with van der Waals surface area (Å²) in [6.45, 7) is 12.6. The fraction of sp³-hybridized carbons (Fsp3) is 0.333. The molecule has 2 aliphatic heterocycles. The maximum Gasteiger partial charge on any atom is 0.190 e. The summed E-state index contributed by atoms with van der Waals surface area (Å²) in [4.78, 5) is 28.5. The molecule has 0 amide bonds. The van der Waals surface area contributed by atoms with E-state index in [1.165, 1.54) is 8.47 Å². The standard InChI is InChI=1S/C27H26O2S4/c1-26(2,3)18-11-15-12-19(27(4,5)6)23(29)17-10-14(9-16(21(15)17)22(18)28)20-13-32-25(33-20)24-30-7-8-31-24/h7-13,18H,1-6H3. The van der Waals surface area contributed by atoms with Crippen molar-refractivity contribution in [2.24, 2.45) is 16.7 Å². The molecule has 0 aromatic heterocycles. The Morgan fingerprint density at radius 1 is 0.848 bits per heavy atom. The van der Waals surface area contributed by atoms with Crippen molar-refractivity contribution in [3.8, 4) is 0 Å². The van der Waals surface area contributed by atoms with Crippen LogP contribution in [0, 0.1) is 16.7 Å². The average Bonchev–Trinajstić information content (AvgIpc) is 3.42. The van der Waals surface area contributed by atoms with Crippen LogP contribution >= 0.6 is 47.0 Å². The van der Waals surface area contributed by atoms with Gasteiger partial charge in [0.2, 0.25) is 0 Å². The van der Waals surface area contributed by atoms with Gasteiger partial charge >= 0.3 is 0 Å². The van der Waals surface area contributed by atoms with Crippen LogP contribution in [-0.2, 0) is 0 Å². The van der Waals surface area contributed by atoms with Crippen molar-refractivity contribution in [1.82, 2.24) is 0 Å². The van der Waals surface area contributed by atoms with Gasteiger partial charge in [-0.3, -0.25) is 9.59 Å². The highest BCUT2D eigenvalue weighted by molar-refractivity contribution is 8.35. The largest absolute Gasteiger partial charge is 0.293 e. The van der Waals surface area contributed by atoms with Crippen LogP contribution in [0.5, 0.6) is 0 Å². The second-order valence-corrected chi connectivity index (χ2v) is 15.0. The molecule has 33 heavy (non-hydrogen) atoms. The van der Waals surface area contributed by atoms with E-state index in [4.69, 9.17) is 0 Å². The molecule has 1 aromatic rings. The molecule has 4 aliphatic rings. The Morgan fingerprint density at radius 3 is 2.15 bits per heavy atom. The second-order valence-electron chi connectivity index (χ2n) is 10.7. The second kappa shape index (κ2) is 8.11. The number of benzene rings is 1. The van der Waals surface area contributed by atoms with Crippen molar-refractivity contribution in [3.63, 3.8) is 0 Å². The molecule has 0 spiro atoms. The molecule has 170 valence electrons. The van der Waals surface area contributed by atoms with Gasteiger partial charge in [0.1, 0.15) is 0 Å². The zero-order valence-corrected chi connectivity index (χ0v) is 22.8. The maximum absolute atomic E-state index is 13.7. The zero-order valence-electron chi connectivity index (χ0n) is 19.6. The Balaban J connectivity index is 1.66. The summed E-state index contributed by atoms with van der Waals surface area (Å²) in [5, 5.41) is 6.36. The smallest absolute Gasteiger partial charge is 0.190 e. The predicted molar refractivity (Wildman–Crippen MR) is 148 cm³/mol. The first-order chi connectivity index (χ1) is 15.4. The Kier molecular flexibility index (Phi) is 5.75. The number of Topliss-reactive ketones (excluding diaryl/α,β-unsaturated/α-hetero) is 2. The SMILES string of the molecule is CC(C)(C)C1=CC2=CC(C(C)(C)C)C(=O)c3cc(C4=CSC(=C5SC=CS5)S4)cc(c32)C1=O. The molecule has 2 heterocycles. The van der Waals surface area contributed by atoms with Gasteiger partial charge in [-0.1, -0.05) is 94.7 Å². The third-order valence-electron chi connectivity index (χ3n) is 6.18. The van der Waals surface area contributed by atoms with Crippen molar-refractivity contribution in [3.05, 3.63) is 76.8 Å². The molecular weight excluding hydrogens is 485 g/mol. The number of hydrogen-bond donors (Lipinski definition) is 0. The summed E-state index contributed by atoms with van der Waals surface area (Å²) in [5.41, 5.74) is 4.49. The lowest BCUT2D eigenvalue weighted by atomic mass is 9.66. The van der Waals surface area contributed by atoms with Crippen LogP contribution in [0.3, 0.4) is 0 Å². The summed E-state index contributed by atoms with van der Waals surface area (Å²) >= 11 is 6.96. The van der Waals surface area contributed by atoms with Crippen molar-refractivity contribution in [1.29, 1.82) is 0 Å². The van der Waals surface area contributed by atoms with E-state index in [1.54, 1.807) is 47.0 Å². The fourth-order valence-electron chi connectivity index (χ4n) is 4.44. The molecule has 6 heteroatoms. The highest BCUT2D eigenvalue weighted by Gasteiger charge is 2.41. The number of carbonyl (C=O) groups is 2. The van der Waals surface area contributed by atoms with Crippen molar-refractivity contribution >= 4 is 69.1 Å². The summed E-state index contributed by atoms with van der Waals surface area (Å²) < 4.78 is 2.55. The molecule has 1 unspecified atom stereocenters. The number of carbonyl (C=O) groups excluding carboxylic acids is 2. The summed E-state index contributed by atoms with van der Waals surface area (Å²) in [6, 6.07) is 4.04. The molecule has 0 N–H and O–H groups in total. The van der Waals surface area contributed by atoms with Gasteiger partial charge in [-0.05, 0) is 56.4 Å². The van der Waals surface area contributed by atoms with Crippen LogP contribution in [0.1, 0.15) is 73.4 Å². The van der Waals surface area contributed by atoms with Gasteiger partial charge in [-0.2, -0.15) is 0 Å². The number of hydrogen-bond acceptors (Lipinski definition) is 6. The van der Waals surface area contributed by atoms with E-state index >= 15 is 0 Å². The van der Waals surface area contributed by atoms with Gasteiger partial charge in [0.25, 0.3) is 0 Å². The van der Waals surface area contributed by atoms with Crippen molar-refractivity contribution in [2.75, 3.05) is 0 Å². The van der Waals surface area contributed by atoms with Crippen LogP contribution in [0.4, 0.5) is 0 Å². The Bertz CT molecular complexity index is 1250. The molecule has 0 bridgehead atoms. The monoisotopic (exact) mass is 510 g/mol. The minimum absolute atomic E-state index is 0.0423. The Labute approximate surface area is 212 Å². The molecule has 0 fully saturated rings. The van der Waals surface area contributed by atoms with Crippen LogP contribution in [-0.4, -0.2) is 11.6 Å². The Hall–Kier alpha value is -1.34. The highest BCUT2D eigenvalue weighted by atomic mass is 32.2. The summed E-state index contributed by atoms with van der Waals surface area (Å²) in [6.07, 6.45) is 4.12. The van der Waals surface area contributed by atoms with Crippen LogP contribution in [0.2, 0.25) is 0 Å². The lowest BCUT2D eigenvalue weighted by Gasteiger charge is -2.35. The van der Waals surface area contributed by atoms with E-state index in [9.17, 15) is 9.59 Å². The van der Waals surface area contributed by atoms with Gasteiger partial charge < -0.3 is 0 Å². The first-order valence-corrected chi connectivity index (χ1v) is 14.4. The molecule has 0 radical (unpaired) electrons. The summed E-state index contributed by atoms with van der Waals surface area (Å²) in [7, 11) is 0. The lowest BCUT2D eigenvalue weighted by Crippen LogP contribution is -2.33. The molecule has 0 saturated carbocycles. The number of ketones is 2. The van der Waals surface area contributed by atoms with E-state index in [-0.39, 0.29) is 28.3 Å². The molecule has 2 nitrogen and oxygen atoms in total. The van der Waals surface area contributed by atoms with Gasteiger partial charge in [0.15, 0.2) is 11.6 Å². The van der Waals surface area contributed by atoms with E-state index < -0.39 is 0 Å². The maximum atomic E-state index is 13.7. The number of thioether (sulfide) groups is 4.